The second kappa shape index (κ2) is 8.87. The average Bonchev–Trinajstić information content (AvgIpc) is 2.68. The van der Waals surface area contributed by atoms with Gasteiger partial charge in [-0.3, -0.25) is 9.59 Å². The summed E-state index contributed by atoms with van der Waals surface area (Å²) >= 11 is 1.53. The number of thioether (sulfide) groups is 1. The smallest absolute Gasteiger partial charge is 0.240 e. The van der Waals surface area contributed by atoms with Gasteiger partial charge < -0.3 is 15.0 Å². The van der Waals surface area contributed by atoms with Crippen LogP contribution in [0.3, 0.4) is 0 Å². The monoisotopic (exact) mass is 370 g/mol. The third-order valence-corrected chi connectivity index (χ3v) is 5.33. The lowest BCUT2D eigenvalue weighted by Crippen LogP contribution is -2.42. The lowest BCUT2D eigenvalue weighted by molar-refractivity contribution is -0.134. The molecule has 6 heteroatoms. The normalized spacial score (nSPS) is 15.3. The molecule has 0 aromatic heterocycles. The Bertz CT molecular complexity index is 743. The summed E-state index contributed by atoms with van der Waals surface area (Å²) in [5.74, 6) is 0.00509. The van der Waals surface area contributed by atoms with Crippen molar-refractivity contribution >= 4 is 29.3 Å². The zero-order chi connectivity index (χ0) is 18.4. The van der Waals surface area contributed by atoms with Crippen molar-refractivity contribution in [3.63, 3.8) is 0 Å². The molecule has 2 aromatic rings. The molecule has 0 radical (unpaired) electrons. The average molecular weight is 370 g/mol. The van der Waals surface area contributed by atoms with E-state index < -0.39 is 0 Å². The van der Waals surface area contributed by atoms with E-state index in [2.05, 4.69) is 5.32 Å². The third-order valence-electron chi connectivity index (χ3n) is 4.08. The molecular formula is C20H22N2O3S. The maximum atomic E-state index is 13.1. The standard InChI is InChI=1S/C20H22N2O3S/c1-15(23)21-17-7-9-18(10-8-17)26-19(16-5-3-2-4-6-16)20(24)22-11-13-25-14-12-22/h2-10,19H,11-14H2,1H3,(H,21,23)/t19-/m1/s1. The van der Waals surface area contributed by atoms with Crippen LogP contribution in [-0.4, -0.2) is 43.0 Å². The highest BCUT2D eigenvalue weighted by molar-refractivity contribution is 8.00. The number of anilines is 1. The van der Waals surface area contributed by atoms with Crippen LogP contribution >= 0.6 is 11.8 Å². The van der Waals surface area contributed by atoms with Crippen LogP contribution in [0.15, 0.2) is 59.5 Å². The molecule has 3 rings (SSSR count). The van der Waals surface area contributed by atoms with E-state index in [1.807, 2.05) is 59.5 Å². The number of carbonyl (C=O) groups is 2. The molecule has 26 heavy (non-hydrogen) atoms. The van der Waals surface area contributed by atoms with Gasteiger partial charge in [-0.2, -0.15) is 0 Å². The Kier molecular flexibility index (Phi) is 6.30. The first-order valence-corrected chi connectivity index (χ1v) is 9.47. The van der Waals surface area contributed by atoms with Crippen molar-refractivity contribution in [1.29, 1.82) is 0 Å². The van der Waals surface area contributed by atoms with Gasteiger partial charge in [-0.1, -0.05) is 30.3 Å². The topological polar surface area (TPSA) is 58.6 Å². The summed E-state index contributed by atoms with van der Waals surface area (Å²) in [5.41, 5.74) is 1.73. The molecule has 2 amide bonds. The molecule has 0 saturated carbocycles. The van der Waals surface area contributed by atoms with E-state index in [1.165, 1.54) is 18.7 Å². The molecule has 0 bridgehead atoms. The van der Waals surface area contributed by atoms with Crippen molar-refractivity contribution in [2.45, 2.75) is 17.1 Å². The number of hydrogen-bond acceptors (Lipinski definition) is 4. The number of nitrogens with zero attached hydrogens (tertiary/aromatic N) is 1. The fraction of sp³-hybridized carbons (Fsp3) is 0.300. The Hall–Kier alpha value is -2.31. The molecule has 1 N–H and O–H groups in total. The number of rotatable bonds is 5. The first-order valence-electron chi connectivity index (χ1n) is 8.59. The van der Waals surface area contributed by atoms with Gasteiger partial charge in [0.15, 0.2) is 0 Å². The third kappa shape index (κ3) is 4.86. The highest BCUT2D eigenvalue weighted by Crippen LogP contribution is 2.37. The van der Waals surface area contributed by atoms with Gasteiger partial charge in [0.1, 0.15) is 5.25 Å². The Morgan fingerprint density at radius 1 is 1.04 bits per heavy atom. The lowest BCUT2D eigenvalue weighted by atomic mass is 10.1. The summed E-state index contributed by atoms with van der Waals surface area (Å²) in [7, 11) is 0. The van der Waals surface area contributed by atoms with Crippen LogP contribution in [0.5, 0.6) is 0 Å². The summed E-state index contributed by atoms with van der Waals surface area (Å²) in [6.07, 6.45) is 0. The van der Waals surface area contributed by atoms with Crippen molar-refractivity contribution in [1.82, 2.24) is 4.90 Å². The van der Waals surface area contributed by atoms with E-state index in [4.69, 9.17) is 4.74 Å². The summed E-state index contributed by atoms with van der Waals surface area (Å²) in [6, 6.07) is 17.4. The number of amides is 2. The van der Waals surface area contributed by atoms with Gasteiger partial charge in [0.2, 0.25) is 11.8 Å². The molecule has 1 saturated heterocycles. The van der Waals surface area contributed by atoms with Crippen LogP contribution in [-0.2, 0) is 14.3 Å². The van der Waals surface area contributed by atoms with Crippen molar-refractivity contribution in [2.24, 2.45) is 0 Å². The maximum Gasteiger partial charge on any atom is 0.240 e. The van der Waals surface area contributed by atoms with Crippen molar-refractivity contribution < 1.29 is 14.3 Å². The van der Waals surface area contributed by atoms with E-state index in [0.717, 1.165) is 16.1 Å². The molecule has 1 aliphatic rings. The zero-order valence-electron chi connectivity index (χ0n) is 14.7. The Labute approximate surface area is 157 Å². The minimum Gasteiger partial charge on any atom is -0.378 e. The Morgan fingerprint density at radius 3 is 2.31 bits per heavy atom. The summed E-state index contributed by atoms with van der Waals surface area (Å²) in [5, 5.41) is 2.45. The molecule has 2 aromatic carbocycles. The van der Waals surface area contributed by atoms with E-state index in [-0.39, 0.29) is 17.1 Å². The molecular weight excluding hydrogens is 348 g/mol. The molecule has 1 atom stereocenters. The van der Waals surface area contributed by atoms with Gasteiger partial charge in [-0.05, 0) is 29.8 Å². The molecule has 1 aliphatic heterocycles. The first kappa shape index (κ1) is 18.5. The highest BCUT2D eigenvalue weighted by atomic mass is 32.2. The van der Waals surface area contributed by atoms with Crippen LogP contribution in [0.4, 0.5) is 5.69 Å². The van der Waals surface area contributed by atoms with Crippen LogP contribution in [0.1, 0.15) is 17.7 Å². The second-order valence-corrected chi connectivity index (χ2v) is 7.23. The quantitative estimate of drug-likeness (QED) is 0.820. The maximum absolute atomic E-state index is 13.1. The summed E-state index contributed by atoms with van der Waals surface area (Å²) in [6.45, 7) is 3.91. The molecule has 0 aliphatic carbocycles. The molecule has 1 fully saturated rings. The van der Waals surface area contributed by atoms with Crippen LogP contribution in [0.2, 0.25) is 0 Å². The van der Waals surface area contributed by atoms with Gasteiger partial charge in [-0.25, -0.2) is 0 Å². The van der Waals surface area contributed by atoms with Crippen LogP contribution in [0.25, 0.3) is 0 Å². The van der Waals surface area contributed by atoms with Crippen LogP contribution < -0.4 is 5.32 Å². The molecule has 0 spiro atoms. The van der Waals surface area contributed by atoms with Gasteiger partial charge >= 0.3 is 0 Å². The minimum absolute atomic E-state index is 0.102. The number of morpholine rings is 1. The Balaban J connectivity index is 1.79. The predicted octanol–water partition coefficient (Wildman–Crippen LogP) is 3.34. The van der Waals surface area contributed by atoms with E-state index >= 15 is 0 Å². The number of hydrogen-bond donors (Lipinski definition) is 1. The van der Waals surface area contributed by atoms with Crippen molar-refractivity contribution in [3.05, 3.63) is 60.2 Å². The molecule has 1 heterocycles. The fourth-order valence-electron chi connectivity index (χ4n) is 2.79. The van der Waals surface area contributed by atoms with Gasteiger partial charge in [0, 0.05) is 30.6 Å². The van der Waals surface area contributed by atoms with Crippen molar-refractivity contribution in [3.8, 4) is 0 Å². The van der Waals surface area contributed by atoms with E-state index in [0.29, 0.717) is 26.3 Å². The van der Waals surface area contributed by atoms with Gasteiger partial charge in [0.25, 0.3) is 0 Å². The lowest BCUT2D eigenvalue weighted by Gasteiger charge is -2.30. The SMILES string of the molecule is CC(=O)Nc1ccc(S[C@@H](C(=O)N2CCOCC2)c2ccccc2)cc1. The minimum atomic E-state index is -0.305. The van der Waals surface area contributed by atoms with Crippen molar-refractivity contribution in [2.75, 3.05) is 31.6 Å². The van der Waals surface area contributed by atoms with Crippen LogP contribution in [0, 0.1) is 0 Å². The van der Waals surface area contributed by atoms with E-state index in [1.54, 1.807) is 0 Å². The van der Waals surface area contributed by atoms with Gasteiger partial charge in [0.05, 0.1) is 13.2 Å². The molecule has 136 valence electrons. The summed E-state index contributed by atoms with van der Waals surface area (Å²) < 4.78 is 5.36. The summed E-state index contributed by atoms with van der Waals surface area (Å²) in [4.78, 5) is 27.1. The number of ether oxygens (including phenoxy) is 1. The highest BCUT2D eigenvalue weighted by Gasteiger charge is 2.28. The zero-order valence-corrected chi connectivity index (χ0v) is 15.5. The number of nitrogens with one attached hydrogen (secondary N) is 1. The predicted molar refractivity (Wildman–Crippen MR) is 103 cm³/mol. The second-order valence-electron chi connectivity index (χ2n) is 6.05. The molecule has 0 unspecified atom stereocenters. The fourth-order valence-corrected chi connectivity index (χ4v) is 3.90. The van der Waals surface area contributed by atoms with Gasteiger partial charge in [-0.15, -0.1) is 11.8 Å². The number of carbonyl (C=O) groups excluding carboxylic acids is 2. The van der Waals surface area contributed by atoms with E-state index in [9.17, 15) is 9.59 Å². The molecule has 5 nitrogen and oxygen atoms in total. The number of benzene rings is 2. The Morgan fingerprint density at radius 2 is 1.69 bits per heavy atom. The largest absolute Gasteiger partial charge is 0.378 e. The first-order chi connectivity index (χ1) is 12.6.